The summed E-state index contributed by atoms with van der Waals surface area (Å²) in [4.78, 5) is 31.0. The highest BCUT2D eigenvalue weighted by atomic mass is 16.6. The van der Waals surface area contributed by atoms with Crippen molar-refractivity contribution in [1.82, 2.24) is 15.1 Å². The number of benzene rings is 1. The molecule has 9 heteroatoms. The smallest absolute Gasteiger partial charge is 0.339 e. The number of carbonyl (C=O) groups excluding carboxylic acids is 1. The molecule has 1 unspecified atom stereocenters. The maximum absolute atomic E-state index is 12.4. The molecule has 0 N–H and O–H groups in total. The van der Waals surface area contributed by atoms with Gasteiger partial charge in [0.2, 0.25) is 5.82 Å². The zero-order valence-electron chi connectivity index (χ0n) is 13.9. The standard InChI is InChI=1S/C17H14N4O5/c1-10-13(6-3-7-14(10)21(23)24)17(22)25-11(2)16-19-15(20-26-16)12-5-4-8-18-9-12/h3-9,11H,1-2H3. The van der Waals surface area contributed by atoms with Crippen LogP contribution in [0.1, 0.15) is 34.8 Å². The Morgan fingerprint density at radius 3 is 2.81 bits per heavy atom. The van der Waals surface area contributed by atoms with Gasteiger partial charge >= 0.3 is 5.97 Å². The van der Waals surface area contributed by atoms with Crippen LogP contribution in [0.2, 0.25) is 0 Å². The van der Waals surface area contributed by atoms with Crippen molar-refractivity contribution >= 4 is 11.7 Å². The highest BCUT2D eigenvalue weighted by Crippen LogP contribution is 2.25. The van der Waals surface area contributed by atoms with Crippen LogP contribution in [-0.4, -0.2) is 26.0 Å². The molecule has 0 amide bonds. The van der Waals surface area contributed by atoms with Gasteiger partial charge in [-0.2, -0.15) is 4.98 Å². The van der Waals surface area contributed by atoms with Crippen LogP contribution in [-0.2, 0) is 4.74 Å². The minimum atomic E-state index is -0.820. The van der Waals surface area contributed by atoms with Gasteiger partial charge in [-0.05, 0) is 32.0 Å². The van der Waals surface area contributed by atoms with E-state index < -0.39 is 17.0 Å². The summed E-state index contributed by atoms with van der Waals surface area (Å²) in [5, 5.41) is 14.8. The van der Waals surface area contributed by atoms with Crippen molar-refractivity contribution in [2.75, 3.05) is 0 Å². The second-order valence-electron chi connectivity index (χ2n) is 5.45. The predicted octanol–water partition coefficient (Wildman–Crippen LogP) is 3.27. The first-order valence-electron chi connectivity index (χ1n) is 7.66. The van der Waals surface area contributed by atoms with Gasteiger partial charge in [-0.15, -0.1) is 0 Å². The number of hydrogen-bond acceptors (Lipinski definition) is 8. The summed E-state index contributed by atoms with van der Waals surface area (Å²) in [6.45, 7) is 3.07. The third-order valence-corrected chi connectivity index (χ3v) is 3.71. The summed E-state index contributed by atoms with van der Waals surface area (Å²) in [7, 11) is 0. The number of rotatable bonds is 5. The van der Waals surface area contributed by atoms with Crippen LogP contribution in [0.15, 0.2) is 47.2 Å². The van der Waals surface area contributed by atoms with Crippen LogP contribution in [0.3, 0.4) is 0 Å². The third kappa shape index (κ3) is 3.41. The lowest BCUT2D eigenvalue weighted by atomic mass is 10.1. The van der Waals surface area contributed by atoms with Crippen LogP contribution in [0.25, 0.3) is 11.4 Å². The highest BCUT2D eigenvalue weighted by molar-refractivity contribution is 5.92. The van der Waals surface area contributed by atoms with E-state index in [1.54, 1.807) is 31.5 Å². The minimum absolute atomic E-state index is 0.109. The van der Waals surface area contributed by atoms with Crippen LogP contribution < -0.4 is 0 Å². The number of aromatic nitrogens is 3. The van der Waals surface area contributed by atoms with Gasteiger partial charge in [0.15, 0.2) is 6.10 Å². The Balaban J connectivity index is 1.77. The molecule has 0 radical (unpaired) electrons. The first-order chi connectivity index (χ1) is 12.5. The number of hydrogen-bond donors (Lipinski definition) is 0. The lowest BCUT2D eigenvalue weighted by Gasteiger charge is -2.10. The summed E-state index contributed by atoms with van der Waals surface area (Å²) in [5.41, 5.74) is 0.855. The SMILES string of the molecule is Cc1c(C(=O)OC(C)c2nc(-c3cccnc3)no2)cccc1[N+](=O)[O-]. The van der Waals surface area contributed by atoms with Gasteiger partial charge in [0.05, 0.1) is 10.5 Å². The second-order valence-corrected chi connectivity index (χ2v) is 5.45. The summed E-state index contributed by atoms with van der Waals surface area (Å²) in [6, 6.07) is 7.73. The summed E-state index contributed by atoms with van der Waals surface area (Å²) in [5.74, 6) is -0.275. The minimum Gasteiger partial charge on any atom is -0.449 e. The maximum Gasteiger partial charge on any atom is 0.339 e. The number of nitro benzene ring substituents is 1. The first-order valence-corrected chi connectivity index (χ1v) is 7.66. The summed E-state index contributed by atoms with van der Waals surface area (Å²) < 4.78 is 10.4. The summed E-state index contributed by atoms with van der Waals surface area (Å²) >= 11 is 0. The topological polar surface area (TPSA) is 121 Å². The van der Waals surface area contributed by atoms with E-state index in [9.17, 15) is 14.9 Å². The van der Waals surface area contributed by atoms with Crippen LogP contribution in [0, 0.1) is 17.0 Å². The molecule has 1 atom stereocenters. The fourth-order valence-corrected chi connectivity index (χ4v) is 2.33. The van der Waals surface area contributed by atoms with E-state index in [1.165, 1.54) is 25.1 Å². The van der Waals surface area contributed by atoms with Crippen molar-refractivity contribution in [2.45, 2.75) is 20.0 Å². The lowest BCUT2D eigenvalue weighted by Crippen LogP contribution is -2.11. The Morgan fingerprint density at radius 1 is 1.31 bits per heavy atom. The van der Waals surface area contributed by atoms with Crippen LogP contribution >= 0.6 is 0 Å². The van der Waals surface area contributed by atoms with Crippen molar-refractivity contribution in [3.05, 3.63) is 69.9 Å². The number of esters is 1. The molecule has 0 saturated heterocycles. The Labute approximate surface area is 147 Å². The van der Waals surface area contributed by atoms with Crippen molar-refractivity contribution in [2.24, 2.45) is 0 Å². The molecular formula is C17H14N4O5. The van der Waals surface area contributed by atoms with Crippen LogP contribution in [0.5, 0.6) is 0 Å². The molecule has 26 heavy (non-hydrogen) atoms. The number of ether oxygens (including phenoxy) is 1. The molecule has 0 spiro atoms. The zero-order chi connectivity index (χ0) is 18.7. The molecule has 9 nitrogen and oxygen atoms in total. The third-order valence-electron chi connectivity index (χ3n) is 3.71. The van der Waals surface area contributed by atoms with E-state index in [0.29, 0.717) is 11.4 Å². The second kappa shape index (κ2) is 7.09. The van der Waals surface area contributed by atoms with E-state index >= 15 is 0 Å². The average molecular weight is 354 g/mol. The van der Waals surface area contributed by atoms with Gasteiger partial charge in [0.1, 0.15) is 0 Å². The largest absolute Gasteiger partial charge is 0.449 e. The predicted molar refractivity (Wildman–Crippen MR) is 89.2 cm³/mol. The van der Waals surface area contributed by atoms with E-state index in [1.807, 2.05) is 0 Å². The zero-order valence-corrected chi connectivity index (χ0v) is 13.9. The lowest BCUT2D eigenvalue weighted by molar-refractivity contribution is -0.385. The van der Waals surface area contributed by atoms with E-state index in [-0.39, 0.29) is 22.7 Å². The Kier molecular flexibility index (Phi) is 4.70. The number of nitro groups is 1. The monoisotopic (exact) mass is 354 g/mol. The van der Waals surface area contributed by atoms with E-state index in [4.69, 9.17) is 9.26 Å². The molecule has 3 aromatic rings. The summed E-state index contributed by atoms with van der Waals surface area (Å²) in [6.07, 6.45) is 2.38. The van der Waals surface area contributed by atoms with Gasteiger partial charge in [-0.25, -0.2) is 4.79 Å². The molecule has 3 rings (SSSR count). The first kappa shape index (κ1) is 17.2. The molecule has 0 aliphatic carbocycles. The molecule has 0 saturated carbocycles. The average Bonchev–Trinajstić information content (AvgIpc) is 3.12. The van der Waals surface area contributed by atoms with Gasteiger partial charge in [0.25, 0.3) is 11.6 Å². The molecule has 0 aliphatic rings. The van der Waals surface area contributed by atoms with E-state index in [0.717, 1.165) is 0 Å². The van der Waals surface area contributed by atoms with Gasteiger partial charge < -0.3 is 9.26 Å². The molecule has 0 aliphatic heterocycles. The molecule has 2 heterocycles. The Morgan fingerprint density at radius 2 is 2.12 bits per heavy atom. The fraction of sp³-hybridized carbons (Fsp3) is 0.176. The molecule has 0 fully saturated rings. The van der Waals surface area contributed by atoms with Crippen molar-refractivity contribution in [3.8, 4) is 11.4 Å². The Bertz CT molecular complexity index is 955. The van der Waals surface area contributed by atoms with E-state index in [2.05, 4.69) is 15.1 Å². The Hall–Kier alpha value is -3.62. The molecular weight excluding hydrogens is 340 g/mol. The van der Waals surface area contributed by atoms with Gasteiger partial charge in [-0.1, -0.05) is 11.2 Å². The van der Waals surface area contributed by atoms with Gasteiger partial charge in [0, 0.05) is 29.6 Å². The fourth-order valence-electron chi connectivity index (χ4n) is 2.33. The van der Waals surface area contributed by atoms with Gasteiger partial charge in [-0.3, -0.25) is 15.1 Å². The van der Waals surface area contributed by atoms with Crippen molar-refractivity contribution in [1.29, 1.82) is 0 Å². The number of carbonyl (C=O) groups is 1. The van der Waals surface area contributed by atoms with Crippen molar-refractivity contribution < 1.29 is 19.0 Å². The number of pyridine rings is 1. The van der Waals surface area contributed by atoms with Crippen LogP contribution in [0.4, 0.5) is 5.69 Å². The quantitative estimate of drug-likeness (QED) is 0.389. The molecule has 0 bridgehead atoms. The number of nitrogens with zero attached hydrogens (tertiary/aromatic N) is 4. The highest BCUT2D eigenvalue weighted by Gasteiger charge is 2.23. The molecule has 2 aromatic heterocycles. The normalized spacial score (nSPS) is 11.8. The molecule has 132 valence electrons. The van der Waals surface area contributed by atoms with Crippen molar-refractivity contribution in [3.63, 3.8) is 0 Å². The molecule has 1 aromatic carbocycles. The maximum atomic E-state index is 12.4.